The van der Waals surface area contributed by atoms with Crippen molar-refractivity contribution in [1.29, 1.82) is 0 Å². The molecule has 3 rings (SSSR count). The summed E-state index contributed by atoms with van der Waals surface area (Å²) in [6.07, 6.45) is 6.28. The maximum Gasteiger partial charge on any atom is 0.242 e. The Balaban J connectivity index is 1.80. The van der Waals surface area contributed by atoms with Crippen molar-refractivity contribution in [2.75, 3.05) is 20.2 Å². The monoisotopic (exact) mass is 386 g/mol. The van der Waals surface area contributed by atoms with Crippen molar-refractivity contribution >= 4 is 11.8 Å². The van der Waals surface area contributed by atoms with Gasteiger partial charge in [-0.15, -0.1) is 0 Å². The Morgan fingerprint density at radius 2 is 1.89 bits per heavy atom. The van der Waals surface area contributed by atoms with E-state index in [1.165, 1.54) is 24.8 Å². The summed E-state index contributed by atoms with van der Waals surface area (Å²) in [5.41, 5.74) is 3.39. The second kappa shape index (κ2) is 8.97. The Morgan fingerprint density at radius 1 is 1.18 bits per heavy atom. The molecule has 1 heterocycles. The Labute approximate surface area is 169 Å². The van der Waals surface area contributed by atoms with Gasteiger partial charge in [-0.25, -0.2) is 0 Å². The number of ether oxygens (including phenoxy) is 1. The Kier molecular flexibility index (Phi) is 6.63. The summed E-state index contributed by atoms with van der Waals surface area (Å²) in [5, 5.41) is 0. The number of hydrogen-bond donors (Lipinski definition) is 0. The lowest BCUT2D eigenvalue weighted by Gasteiger charge is -2.36. The predicted octanol–water partition coefficient (Wildman–Crippen LogP) is 3.84. The zero-order valence-electron chi connectivity index (χ0n) is 17.8. The molecule has 5 nitrogen and oxygen atoms in total. The van der Waals surface area contributed by atoms with Crippen LogP contribution in [0.1, 0.15) is 62.1 Å². The molecular weight excluding hydrogens is 352 g/mol. The smallest absolute Gasteiger partial charge is 0.242 e. The van der Waals surface area contributed by atoms with Gasteiger partial charge in [0.2, 0.25) is 11.8 Å². The van der Waals surface area contributed by atoms with Crippen LogP contribution in [0.2, 0.25) is 0 Å². The van der Waals surface area contributed by atoms with E-state index in [9.17, 15) is 9.59 Å². The fourth-order valence-corrected chi connectivity index (χ4v) is 4.61. The number of likely N-dealkylation sites (tertiary alicyclic amines) is 1. The first-order chi connectivity index (χ1) is 13.4. The number of amides is 2. The lowest BCUT2D eigenvalue weighted by molar-refractivity contribution is -0.141. The molecule has 0 aromatic heterocycles. The molecule has 1 aliphatic heterocycles. The summed E-state index contributed by atoms with van der Waals surface area (Å²) in [7, 11) is 1.69. The molecule has 5 heteroatoms. The average molecular weight is 387 g/mol. The highest BCUT2D eigenvalue weighted by Crippen LogP contribution is 2.28. The minimum Gasteiger partial charge on any atom is -0.496 e. The second-order valence-corrected chi connectivity index (χ2v) is 8.65. The third kappa shape index (κ3) is 4.68. The molecule has 1 aromatic carbocycles. The van der Waals surface area contributed by atoms with Crippen LogP contribution in [0.4, 0.5) is 0 Å². The molecule has 1 saturated carbocycles. The van der Waals surface area contributed by atoms with Crippen LogP contribution in [0.25, 0.3) is 0 Å². The van der Waals surface area contributed by atoms with E-state index in [1.807, 2.05) is 11.8 Å². The van der Waals surface area contributed by atoms with E-state index in [1.54, 1.807) is 12.0 Å². The number of benzene rings is 1. The number of aryl methyl sites for hydroxylation is 2. The molecule has 1 aromatic rings. The van der Waals surface area contributed by atoms with Crippen LogP contribution in [0, 0.1) is 19.8 Å². The van der Waals surface area contributed by atoms with E-state index in [4.69, 9.17) is 4.74 Å². The van der Waals surface area contributed by atoms with Crippen LogP contribution in [0.5, 0.6) is 5.75 Å². The first-order valence-corrected chi connectivity index (χ1v) is 10.6. The fourth-order valence-electron chi connectivity index (χ4n) is 4.61. The van der Waals surface area contributed by atoms with Gasteiger partial charge in [0.05, 0.1) is 13.7 Å². The molecular formula is C23H34N2O3. The van der Waals surface area contributed by atoms with E-state index in [0.717, 1.165) is 29.7 Å². The van der Waals surface area contributed by atoms with Crippen LogP contribution >= 0.6 is 0 Å². The molecule has 0 bridgehead atoms. The Hall–Kier alpha value is -2.04. The quantitative estimate of drug-likeness (QED) is 0.746. The summed E-state index contributed by atoms with van der Waals surface area (Å²) in [4.78, 5) is 29.3. The highest BCUT2D eigenvalue weighted by Gasteiger charge is 2.32. The van der Waals surface area contributed by atoms with Gasteiger partial charge in [0, 0.05) is 25.6 Å². The maximum absolute atomic E-state index is 13.3. The molecule has 1 atom stereocenters. The lowest BCUT2D eigenvalue weighted by atomic mass is 9.93. The van der Waals surface area contributed by atoms with E-state index in [2.05, 4.69) is 26.0 Å². The van der Waals surface area contributed by atoms with Crippen molar-refractivity contribution < 1.29 is 14.3 Å². The third-order valence-electron chi connectivity index (χ3n) is 6.26. The molecule has 154 valence electrons. The zero-order chi connectivity index (χ0) is 20.3. The number of carbonyl (C=O) groups is 2. The highest BCUT2D eigenvalue weighted by atomic mass is 16.5. The van der Waals surface area contributed by atoms with Gasteiger partial charge in [0.25, 0.3) is 0 Å². The van der Waals surface area contributed by atoms with Crippen LogP contribution in [0.3, 0.4) is 0 Å². The first kappa shape index (κ1) is 20.7. The van der Waals surface area contributed by atoms with Gasteiger partial charge >= 0.3 is 0 Å². The summed E-state index contributed by atoms with van der Waals surface area (Å²) < 4.78 is 5.44. The summed E-state index contributed by atoms with van der Waals surface area (Å²) >= 11 is 0. The largest absolute Gasteiger partial charge is 0.496 e. The third-order valence-corrected chi connectivity index (χ3v) is 6.26. The van der Waals surface area contributed by atoms with Gasteiger partial charge in [-0.1, -0.05) is 32.3 Å². The lowest BCUT2D eigenvalue weighted by Crippen LogP contribution is -2.46. The van der Waals surface area contributed by atoms with E-state index in [0.29, 0.717) is 25.4 Å². The van der Waals surface area contributed by atoms with Gasteiger partial charge in [-0.3, -0.25) is 9.59 Å². The van der Waals surface area contributed by atoms with Crippen molar-refractivity contribution in [2.24, 2.45) is 5.92 Å². The number of hydrogen-bond acceptors (Lipinski definition) is 3. The first-order valence-electron chi connectivity index (χ1n) is 10.6. The van der Waals surface area contributed by atoms with Gasteiger partial charge in [0.1, 0.15) is 5.75 Å². The molecule has 28 heavy (non-hydrogen) atoms. The van der Waals surface area contributed by atoms with Crippen molar-refractivity contribution in [3.63, 3.8) is 0 Å². The maximum atomic E-state index is 13.3. The molecule has 0 radical (unpaired) electrons. The van der Waals surface area contributed by atoms with Gasteiger partial charge < -0.3 is 14.5 Å². The van der Waals surface area contributed by atoms with Crippen molar-refractivity contribution in [3.05, 3.63) is 28.8 Å². The van der Waals surface area contributed by atoms with Crippen LogP contribution in [-0.2, 0) is 16.1 Å². The van der Waals surface area contributed by atoms with E-state index < -0.39 is 0 Å². The number of carbonyl (C=O) groups excluding carboxylic acids is 2. The Bertz CT molecular complexity index is 725. The van der Waals surface area contributed by atoms with E-state index in [-0.39, 0.29) is 24.4 Å². The molecule has 0 N–H and O–H groups in total. The van der Waals surface area contributed by atoms with E-state index >= 15 is 0 Å². The van der Waals surface area contributed by atoms with Gasteiger partial charge in [-0.05, 0) is 55.4 Å². The number of nitrogens with zero attached hydrogens (tertiary/aromatic N) is 2. The Morgan fingerprint density at radius 3 is 2.50 bits per heavy atom. The molecule has 1 saturated heterocycles. The standard InChI is InChI=1S/C23H34N2O3/c1-16-10-22(26)24(13-16)15-23(27)25(20-8-6-5-7-9-20)14-19-11-18(3)21(28-4)12-17(19)2/h11-12,16,20H,5-10,13-15H2,1-4H3/t16-/m0/s1. The zero-order valence-corrected chi connectivity index (χ0v) is 17.8. The van der Waals surface area contributed by atoms with Gasteiger partial charge in [-0.2, -0.15) is 0 Å². The molecule has 2 amide bonds. The topological polar surface area (TPSA) is 49.9 Å². The SMILES string of the molecule is COc1cc(C)c(CN(C(=O)CN2C[C@@H](C)CC2=O)C2CCCCC2)cc1C. The second-order valence-electron chi connectivity index (χ2n) is 8.65. The molecule has 2 aliphatic rings. The van der Waals surface area contributed by atoms with Gasteiger partial charge in [0.15, 0.2) is 0 Å². The number of rotatable bonds is 6. The number of methoxy groups -OCH3 is 1. The highest BCUT2D eigenvalue weighted by molar-refractivity contribution is 5.86. The molecule has 1 aliphatic carbocycles. The van der Waals surface area contributed by atoms with Crippen molar-refractivity contribution in [1.82, 2.24) is 9.80 Å². The van der Waals surface area contributed by atoms with Crippen LogP contribution in [0.15, 0.2) is 12.1 Å². The van der Waals surface area contributed by atoms with Crippen molar-refractivity contribution in [2.45, 2.75) is 71.9 Å². The average Bonchev–Trinajstić information content (AvgIpc) is 2.99. The van der Waals surface area contributed by atoms with Crippen molar-refractivity contribution in [3.8, 4) is 5.75 Å². The minimum absolute atomic E-state index is 0.0854. The molecule has 0 spiro atoms. The summed E-state index contributed by atoms with van der Waals surface area (Å²) in [5.74, 6) is 1.42. The predicted molar refractivity (Wildman–Crippen MR) is 110 cm³/mol. The minimum atomic E-state index is 0.0854. The van der Waals surface area contributed by atoms with Crippen LogP contribution < -0.4 is 4.74 Å². The van der Waals surface area contributed by atoms with Crippen LogP contribution in [-0.4, -0.2) is 47.9 Å². The summed E-state index contributed by atoms with van der Waals surface area (Å²) in [6.45, 7) is 7.71. The molecule has 2 fully saturated rings. The molecule has 0 unspecified atom stereocenters. The normalized spacial score (nSPS) is 20.5. The fraction of sp³-hybridized carbons (Fsp3) is 0.652. The summed E-state index contributed by atoms with van der Waals surface area (Å²) in [6, 6.07) is 4.47.